The van der Waals surface area contributed by atoms with Crippen molar-refractivity contribution in [2.24, 2.45) is 0 Å². The molecule has 0 atom stereocenters. The summed E-state index contributed by atoms with van der Waals surface area (Å²) in [4.78, 5) is 8.62. The van der Waals surface area contributed by atoms with Crippen LogP contribution in [0.25, 0.3) is 17.0 Å². The summed E-state index contributed by atoms with van der Waals surface area (Å²) < 4.78 is 21.6. The monoisotopic (exact) mass is 343 g/mol. The van der Waals surface area contributed by atoms with E-state index in [4.69, 9.17) is 4.74 Å². The Morgan fingerprint density at radius 1 is 1.40 bits per heavy atom. The van der Waals surface area contributed by atoms with Crippen LogP contribution in [-0.2, 0) is 6.61 Å². The smallest absolute Gasteiger partial charge is 0.157 e. The minimum Gasteiger partial charge on any atom is -0.495 e. The predicted molar refractivity (Wildman–Crippen MR) is 90.2 cm³/mol. The number of pyridine rings is 1. The number of nitrogens with one attached hydrogen (secondary N) is 1. The Hall–Kier alpha value is -2.74. The molecule has 0 unspecified atom stereocenters. The number of rotatable bonds is 5. The molecule has 1 aliphatic rings. The van der Waals surface area contributed by atoms with E-state index in [0.717, 1.165) is 18.5 Å². The van der Waals surface area contributed by atoms with Crippen molar-refractivity contribution in [2.45, 2.75) is 25.4 Å². The fourth-order valence-corrected chi connectivity index (χ4v) is 2.92. The molecule has 2 N–H and O–H groups in total. The number of anilines is 1. The van der Waals surface area contributed by atoms with Crippen molar-refractivity contribution >= 4 is 11.5 Å². The SMILES string of the molecule is CNc1nc(-c2cnc3cc(OC)c(C4CC4)nn23)c(F)cc1CO. The highest BCUT2D eigenvalue weighted by molar-refractivity contribution is 5.64. The Labute approximate surface area is 143 Å². The van der Waals surface area contributed by atoms with Crippen molar-refractivity contribution in [1.82, 2.24) is 19.6 Å². The molecule has 0 aliphatic heterocycles. The van der Waals surface area contributed by atoms with Gasteiger partial charge in [0.15, 0.2) is 11.5 Å². The van der Waals surface area contributed by atoms with Gasteiger partial charge in [-0.2, -0.15) is 5.10 Å². The number of fused-ring (bicyclic) bond motifs is 1. The number of ether oxygens (including phenoxy) is 1. The van der Waals surface area contributed by atoms with Gasteiger partial charge in [-0.3, -0.25) is 0 Å². The van der Waals surface area contributed by atoms with E-state index in [1.165, 1.54) is 6.07 Å². The lowest BCUT2D eigenvalue weighted by atomic mass is 10.2. The van der Waals surface area contributed by atoms with Crippen LogP contribution in [0.3, 0.4) is 0 Å². The summed E-state index contributed by atoms with van der Waals surface area (Å²) in [5.41, 5.74) is 2.41. The molecular formula is C17H18FN5O2. The van der Waals surface area contributed by atoms with E-state index in [1.54, 1.807) is 24.9 Å². The van der Waals surface area contributed by atoms with Crippen LogP contribution in [0.2, 0.25) is 0 Å². The summed E-state index contributed by atoms with van der Waals surface area (Å²) in [5.74, 6) is 0.962. The molecule has 1 fully saturated rings. The summed E-state index contributed by atoms with van der Waals surface area (Å²) in [6.07, 6.45) is 3.68. The number of aliphatic hydroxyl groups excluding tert-OH is 1. The number of halogens is 1. The van der Waals surface area contributed by atoms with Crippen LogP contribution in [0.4, 0.5) is 10.2 Å². The quantitative estimate of drug-likeness (QED) is 0.740. The summed E-state index contributed by atoms with van der Waals surface area (Å²) in [7, 11) is 3.28. The van der Waals surface area contributed by atoms with Crippen molar-refractivity contribution in [2.75, 3.05) is 19.5 Å². The molecule has 0 saturated heterocycles. The highest BCUT2D eigenvalue weighted by atomic mass is 19.1. The Morgan fingerprint density at radius 3 is 2.84 bits per heavy atom. The largest absolute Gasteiger partial charge is 0.495 e. The number of aliphatic hydroxyl groups is 1. The van der Waals surface area contributed by atoms with E-state index in [2.05, 4.69) is 20.4 Å². The molecule has 0 bridgehead atoms. The fraction of sp³-hybridized carbons (Fsp3) is 0.353. The van der Waals surface area contributed by atoms with Crippen molar-refractivity contribution in [3.63, 3.8) is 0 Å². The van der Waals surface area contributed by atoms with Gasteiger partial charge in [-0.05, 0) is 18.9 Å². The van der Waals surface area contributed by atoms with Gasteiger partial charge < -0.3 is 15.2 Å². The maximum atomic E-state index is 14.6. The van der Waals surface area contributed by atoms with Crippen LogP contribution in [-0.4, -0.2) is 38.8 Å². The molecule has 0 aromatic carbocycles. The van der Waals surface area contributed by atoms with Crippen LogP contribution < -0.4 is 10.1 Å². The van der Waals surface area contributed by atoms with Crippen molar-refractivity contribution in [3.8, 4) is 17.1 Å². The van der Waals surface area contributed by atoms with Gasteiger partial charge in [0.1, 0.15) is 28.6 Å². The first-order valence-electron chi connectivity index (χ1n) is 8.07. The Morgan fingerprint density at radius 2 is 2.20 bits per heavy atom. The van der Waals surface area contributed by atoms with E-state index < -0.39 is 5.82 Å². The van der Waals surface area contributed by atoms with E-state index in [0.29, 0.717) is 34.4 Å². The van der Waals surface area contributed by atoms with Gasteiger partial charge >= 0.3 is 0 Å². The van der Waals surface area contributed by atoms with Gasteiger partial charge in [-0.15, -0.1) is 0 Å². The molecule has 0 amide bonds. The van der Waals surface area contributed by atoms with Gasteiger partial charge in [0.25, 0.3) is 0 Å². The molecule has 7 nitrogen and oxygen atoms in total. The topological polar surface area (TPSA) is 84.6 Å². The van der Waals surface area contributed by atoms with Gasteiger partial charge in [0, 0.05) is 24.6 Å². The molecule has 4 rings (SSSR count). The zero-order valence-corrected chi connectivity index (χ0v) is 14.0. The third kappa shape index (κ3) is 2.58. The molecule has 3 aromatic heterocycles. The molecule has 3 aromatic rings. The molecule has 130 valence electrons. The highest BCUT2D eigenvalue weighted by Gasteiger charge is 2.30. The number of methoxy groups -OCH3 is 1. The maximum absolute atomic E-state index is 14.6. The standard InChI is InChI=1S/C17H18FN5O2/c1-19-17-10(8-24)5-11(18)16(21-17)12-7-20-14-6-13(25-2)15(9-3-4-9)22-23(12)14/h5-7,9,24H,3-4,8H2,1-2H3,(H,19,21). The Bertz CT molecular complexity index is 952. The molecule has 0 spiro atoms. The molecule has 25 heavy (non-hydrogen) atoms. The number of hydrogen-bond donors (Lipinski definition) is 2. The fourth-order valence-electron chi connectivity index (χ4n) is 2.92. The Kier molecular flexibility index (Phi) is 3.76. The molecule has 8 heteroatoms. The van der Waals surface area contributed by atoms with Crippen LogP contribution in [0.15, 0.2) is 18.3 Å². The first-order valence-corrected chi connectivity index (χ1v) is 8.07. The third-order valence-corrected chi connectivity index (χ3v) is 4.37. The predicted octanol–water partition coefficient (Wildman–Crippen LogP) is 2.35. The zero-order valence-electron chi connectivity index (χ0n) is 14.0. The maximum Gasteiger partial charge on any atom is 0.157 e. The van der Waals surface area contributed by atoms with Crippen LogP contribution in [0.1, 0.15) is 30.0 Å². The van der Waals surface area contributed by atoms with Gasteiger partial charge in [-0.1, -0.05) is 0 Å². The number of hydrogen-bond acceptors (Lipinski definition) is 6. The van der Waals surface area contributed by atoms with E-state index in [9.17, 15) is 9.50 Å². The lowest BCUT2D eigenvalue weighted by Gasteiger charge is -2.11. The van der Waals surface area contributed by atoms with E-state index >= 15 is 0 Å². The van der Waals surface area contributed by atoms with Crippen LogP contribution >= 0.6 is 0 Å². The molecule has 1 saturated carbocycles. The minimum atomic E-state index is -0.532. The lowest BCUT2D eigenvalue weighted by molar-refractivity contribution is 0.281. The minimum absolute atomic E-state index is 0.133. The third-order valence-electron chi connectivity index (χ3n) is 4.37. The van der Waals surface area contributed by atoms with E-state index in [1.807, 2.05) is 6.07 Å². The zero-order chi connectivity index (χ0) is 17.6. The first kappa shape index (κ1) is 15.8. The second-order valence-corrected chi connectivity index (χ2v) is 6.02. The Balaban J connectivity index is 1.91. The normalized spacial score (nSPS) is 14.1. The summed E-state index contributed by atoms with van der Waals surface area (Å²) in [6, 6.07) is 3.09. The summed E-state index contributed by atoms with van der Waals surface area (Å²) >= 11 is 0. The second-order valence-electron chi connectivity index (χ2n) is 6.02. The van der Waals surface area contributed by atoms with Crippen molar-refractivity contribution in [1.29, 1.82) is 0 Å². The lowest BCUT2D eigenvalue weighted by Crippen LogP contribution is -2.06. The summed E-state index contributed by atoms with van der Waals surface area (Å²) in [5, 5.41) is 16.8. The van der Waals surface area contributed by atoms with Gasteiger partial charge in [-0.25, -0.2) is 18.9 Å². The molecular weight excluding hydrogens is 325 g/mol. The summed E-state index contributed by atoms with van der Waals surface area (Å²) in [6.45, 7) is -0.297. The van der Waals surface area contributed by atoms with Crippen molar-refractivity contribution in [3.05, 3.63) is 35.4 Å². The van der Waals surface area contributed by atoms with Gasteiger partial charge in [0.2, 0.25) is 0 Å². The second kappa shape index (κ2) is 5.96. The van der Waals surface area contributed by atoms with Gasteiger partial charge in [0.05, 0.1) is 19.9 Å². The molecule has 0 radical (unpaired) electrons. The molecule has 1 aliphatic carbocycles. The van der Waals surface area contributed by atoms with Crippen LogP contribution in [0.5, 0.6) is 5.75 Å². The van der Waals surface area contributed by atoms with Crippen LogP contribution in [0, 0.1) is 5.82 Å². The average Bonchev–Trinajstić information content (AvgIpc) is 3.40. The number of aromatic nitrogens is 4. The highest BCUT2D eigenvalue weighted by Crippen LogP contribution is 2.43. The number of imidazole rings is 1. The molecule has 3 heterocycles. The number of nitrogens with zero attached hydrogens (tertiary/aromatic N) is 4. The van der Waals surface area contributed by atoms with Crippen molar-refractivity contribution < 1.29 is 14.2 Å². The van der Waals surface area contributed by atoms with E-state index in [-0.39, 0.29) is 12.3 Å². The first-order chi connectivity index (χ1) is 12.2. The average molecular weight is 343 g/mol.